The van der Waals surface area contributed by atoms with Gasteiger partial charge in [-0.3, -0.25) is 14.7 Å². The van der Waals surface area contributed by atoms with E-state index in [1.165, 1.54) is 0 Å². The normalized spacial score (nSPS) is 14.3. The van der Waals surface area contributed by atoms with Gasteiger partial charge in [0.2, 0.25) is 0 Å². The Morgan fingerprint density at radius 1 is 1.18 bits per heavy atom. The SMILES string of the molecule is CC(C)c1nc2c(c(=O)[nH]1)CN(Cc1ccc(-c3ccc(Br)cc3)nc1)CC2. The summed E-state index contributed by atoms with van der Waals surface area (Å²) in [5.41, 5.74) is 4.96. The summed E-state index contributed by atoms with van der Waals surface area (Å²) in [7, 11) is 0. The van der Waals surface area contributed by atoms with E-state index in [9.17, 15) is 4.79 Å². The zero-order valence-electron chi connectivity index (χ0n) is 16.1. The Morgan fingerprint density at radius 3 is 2.64 bits per heavy atom. The lowest BCUT2D eigenvalue weighted by molar-refractivity contribution is 0.241. The lowest BCUT2D eigenvalue weighted by Gasteiger charge is -2.28. The molecule has 3 aromatic rings. The van der Waals surface area contributed by atoms with Crippen LogP contribution in [0.15, 0.2) is 51.9 Å². The predicted octanol–water partition coefficient (Wildman–Crippen LogP) is 4.28. The van der Waals surface area contributed by atoms with Gasteiger partial charge in [0.05, 0.1) is 17.0 Å². The lowest BCUT2D eigenvalue weighted by atomic mass is 10.0. The molecule has 0 radical (unpaired) electrons. The molecule has 2 aromatic heterocycles. The van der Waals surface area contributed by atoms with E-state index in [0.717, 1.165) is 57.9 Å². The van der Waals surface area contributed by atoms with Gasteiger partial charge in [-0.05, 0) is 23.8 Å². The summed E-state index contributed by atoms with van der Waals surface area (Å²) in [6.45, 7) is 6.40. The smallest absolute Gasteiger partial charge is 0.255 e. The first-order valence-electron chi connectivity index (χ1n) is 9.55. The Morgan fingerprint density at radius 2 is 1.96 bits per heavy atom. The number of rotatable bonds is 4. The van der Waals surface area contributed by atoms with E-state index >= 15 is 0 Å². The summed E-state index contributed by atoms with van der Waals surface area (Å²) in [6, 6.07) is 12.3. The fraction of sp³-hybridized carbons (Fsp3) is 0.318. The van der Waals surface area contributed by atoms with Gasteiger partial charge in [-0.15, -0.1) is 0 Å². The molecule has 3 heterocycles. The van der Waals surface area contributed by atoms with Crippen LogP contribution in [-0.2, 0) is 19.5 Å². The molecule has 0 atom stereocenters. The Kier molecular flexibility index (Phi) is 5.42. The largest absolute Gasteiger partial charge is 0.310 e. The number of halogens is 1. The van der Waals surface area contributed by atoms with Gasteiger partial charge in [-0.25, -0.2) is 4.98 Å². The monoisotopic (exact) mass is 438 g/mol. The van der Waals surface area contributed by atoms with Crippen molar-refractivity contribution in [3.05, 3.63) is 80.1 Å². The van der Waals surface area contributed by atoms with Crippen molar-refractivity contribution in [2.75, 3.05) is 6.54 Å². The van der Waals surface area contributed by atoms with Crippen LogP contribution in [0.3, 0.4) is 0 Å². The number of nitrogens with one attached hydrogen (secondary N) is 1. The lowest BCUT2D eigenvalue weighted by Crippen LogP contribution is -2.36. The molecule has 0 amide bonds. The summed E-state index contributed by atoms with van der Waals surface area (Å²) < 4.78 is 1.06. The fourth-order valence-corrected chi connectivity index (χ4v) is 3.74. The van der Waals surface area contributed by atoms with Crippen LogP contribution in [0.1, 0.15) is 42.4 Å². The molecule has 1 aromatic carbocycles. The van der Waals surface area contributed by atoms with E-state index < -0.39 is 0 Å². The quantitative estimate of drug-likeness (QED) is 0.660. The van der Waals surface area contributed by atoms with E-state index in [2.05, 4.69) is 60.0 Å². The number of aromatic nitrogens is 3. The molecule has 0 saturated carbocycles. The van der Waals surface area contributed by atoms with Crippen molar-refractivity contribution in [2.24, 2.45) is 0 Å². The fourth-order valence-electron chi connectivity index (χ4n) is 3.48. The molecule has 1 N–H and O–H groups in total. The van der Waals surface area contributed by atoms with E-state index in [0.29, 0.717) is 6.54 Å². The van der Waals surface area contributed by atoms with Gasteiger partial charge in [0, 0.05) is 48.2 Å². The number of pyridine rings is 1. The van der Waals surface area contributed by atoms with Gasteiger partial charge in [-0.2, -0.15) is 0 Å². The van der Waals surface area contributed by atoms with Crippen LogP contribution >= 0.6 is 15.9 Å². The zero-order valence-corrected chi connectivity index (χ0v) is 17.7. The van der Waals surface area contributed by atoms with Crippen LogP contribution in [0.25, 0.3) is 11.3 Å². The zero-order chi connectivity index (χ0) is 19.7. The maximum absolute atomic E-state index is 12.5. The van der Waals surface area contributed by atoms with Crippen LogP contribution in [0.2, 0.25) is 0 Å². The second-order valence-corrected chi connectivity index (χ2v) is 8.47. The number of fused-ring (bicyclic) bond motifs is 1. The van der Waals surface area contributed by atoms with Crippen LogP contribution in [-0.4, -0.2) is 26.4 Å². The van der Waals surface area contributed by atoms with Crippen molar-refractivity contribution >= 4 is 15.9 Å². The molecule has 4 rings (SSSR count). The molecule has 144 valence electrons. The standard InChI is InChI=1S/C22H23BrN4O/c1-14(2)21-25-20-9-10-27(13-18(20)22(28)26-21)12-15-3-8-19(24-11-15)16-4-6-17(23)7-5-16/h3-8,11,14H,9-10,12-13H2,1-2H3,(H,25,26,28). The minimum absolute atomic E-state index is 0.00195. The number of aromatic amines is 1. The minimum atomic E-state index is 0.00195. The number of benzene rings is 1. The van der Waals surface area contributed by atoms with Crippen LogP contribution < -0.4 is 5.56 Å². The van der Waals surface area contributed by atoms with Crippen LogP contribution in [0.4, 0.5) is 0 Å². The maximum Gasteiger partial charge on any atom is 0.255 e. The number of hydrogen-bond donors (Lipinski definition) is 1. The molecule has 1 aliphatic rings. The van der Waals surface area contributed by atoms with Crippen molar-refractivity contribution in [1.29, 1.82) is 0 Å². The molecular weight excluding hydrogens is 416 g/mol. The minimum Gasteiger partial charge on any atom is -0.310 e. The van der Waals surface area contributed by atoms with Crippen molar-refractivity contribution in [1.82, 2.24) is 19.9 Å². The molecule has 0 fully saturated rings. The summed E-state index contributed by atoms with van der Waals surface area (Å²) in [5, 5.41) is 0. The van der Waals surface area contributed by atoms with Crippen molar-refractivity contribution < 1.29 is 0 Å². The molecule has 0 aliphatic carbocycles. The molecular formula is C22H23BrN4O. The number of H-pyrrole nitrogens is 1. The van der Waals surface area contributed by atoms with Gasteiger partial charge >= 0.3 is 0 Å². The van der Waals surface area contributed by atoms with Crippen LogP contribution in [0, 0.1) is 0 Å². The highest BCUT2D eigenvalue weighted by Gasteiger charge is 2.21. The van der Waals surface area contributed by atoms with Crippen molar-refractivity contribution in [2.45, 2.75) is 39.3 Å². The average molecular weight is 439 g/mol. The average Bonchev–Trinajstić information content (AvgIpc) is 2.69. The molecule has 0 unspecified atom stereocenters. The first-order valence-corrected chi connectivity index (χ1v) is 10.3. The van der Waals surface area contributed by atoms with Gasteiger partial charge in [0.15, 0.2) is 0 Å². The van der Waals surface area contributed by atoms with Gasteiger partial charge < -0.3 is 4.98 Å². The number of nitrogens with zero attached hydrogens (tertiary/aromatic N) is 3. The Labute approximate surface area is 173 Å². The molecule has 6 heteroatoms. The van der Waals surface area contributed by atoms with Gasteiger partial charge in [0.1, 0.15) is 5.82 Å². The third-order valence-electron chi connectivity index (χ3n) is 5.08. The highest BCUT2D eigenvalue weighted by atomic mass is 79.9. The topological polar surface area (TPSA) is 61.9 Å². The third-order valence-corrected chi connectivity index (χ3v) is 5.61. The molecule has 28 heavy (non-hydrogen) atoms. The van der Waals surface area contributed by atoms with Crippen molar-refractivity contribution in [3.63, 3.8) is 0 Å². The Bertz CT molecular complexity index is 1030. The molecule has 0 spiro atoms. The van der Waals surface area contributed by atoms with Gasteiger partial charge in [0.25, 0.3) is 5.56 Å². The first-order chi connectivity index (χ1) is 13.5. The summed E-state index contributed by atoms with van der Waals surface area (Å²) in [6.07, 6.45) is 2.74. The summed E-state index contributed by atoms with van der Waals surface area (Å²) >= 11 is 3.46. The second kappa shape index (κ2) is 7.97. The van der Waals surface area contributed by atoms with E-state index in [1.54, 1.807) is 0 Å². The van der Waals surface area contributed by atoms with Crippen molar-refractivity contribution in [3.8, 4) is 11.3 Å². The molecule has 1 aliphatic heterocycles. The third kappa shape index (κ3) is 4.08. The second-order valence-electron chi connectivity index (χ2n) is 7.55. The van der Waals surface area contributed by atoms with Crippen LogP contribution in [0.5, 0.6) is 0 Å². The van der Waals surface area contributed by atoms with E-state index in [4.69, 9.17) is 0 Å². The van der Waals surface area contributed by atoms with E-state index in [1.807, 2.05) is 32.2 Å². The Hall–Kier alpha value is -2.31. The summed E-state index contributed by atoms with van der Waals surface area (Å²) in [4.78, 5) is 27.0. The predicted molar refractivity (Wildman–Crippen MR) is 114 cm³/mol. The first kappa shape index (κ1) is 19.0. The molecule has 0 bridgehead atoms. The number of hydrogen-bond acceptors (Lipinski definition) is 4. The maximum atomic E-state index is 12.5. The summed E-state index contributed by atoms with van der Waals surface area (Å²) in [5.74, 6) is 1.01. The highest BCUT2D eigenvalue weighted by Crippen LogP contribution is 2.22. The van der Waals surface area contributed by atoms with Gasteiger partial charge in [-0.1, -0.05) is 48.0 Å². The Balaban J connectivity index is 1.47. The molecule has 5 nitrogen and oxygen atoms in total. The molecule has 0 saturated heterocycles. The van der Waals surface area contributed by atoms with E-state index in [-0.39, 0.29) is 11.5 Å². The highest BCUT2D eigenvalue weighted by molar-refractivity contribution is 9.10.